The lowest BCUT2D eigenvalue weighted by Gasteiger charge is -2.30. The maximum absolute atomic E-state index is 14.0. The molecular formula is C27H32F3N3O3S. The summed E-state index contributed by atoms with van der Waals surface area (Å²) in [7, 11) is -0.402. The summed E-state index contributed by atoms with van der Waals surface area (Å²) < 4.78 is 73.5. The van der Waals surface area contributed by atoms with Gasteiger partial charge in [-0.1, -0.05) is 43.2 Å². The largest absolute Gasteiger partial charge is 0.495 e. The Bertz CT molecular complexity index is 1320. The van der Waals surface area contributed by atoms with Crippen LogP contribution in [0.1, 0.15) is 48.5 Å². The lowest BCUT2D eigenvalue weighted by Crippen LogP contribution is -2.28. The van der Waals surface area contributed by atoms with Crippen LogP contribution < -0.4 is 4.74 Å². The summed E-state index contributed by atoms with van der Waals surface area (Å²) in [4.78, 5) is 5.17. The molecule has 0 saturated carbocycles. The number of hydrogen-bond donors (Lipinski definition) is 1. The summed E-state index contributed by atoms with van der Waals surface area (Å²) in [5.74, 6) is -0.421. The number of sulfonamides is 1. The quantitative estimate of drug-likeness (QED) is 0.399. The summed E-state index contributed by atoms with van der Waals surface area (Å²) in [6.07, 6.45) is -0.409. The van der Waals surface area contributed by atoms with Gasteiger partial charge in [0.25, 0.3) is 0 Å². The monoisotopic (exact) mass is 535 g/mol. The third-order valence-corrected chi connectivity index (χ3v) is 8.60. The van der Waals surface area contributed by atoms with E-state index in [0.29, 0.717) is 18.3 Å². The number of aromatic amines is 1. The van der Waals surface area contributed by atoms with Crippen molar-refractivity contribution < 1.29 is 26.3 Å². The molecule has 0 bridgehead atoms. The zero-order valence-corrected chi connectivity index (χ0v) is 22.0. The standard InChI is InChI=1S/C27H32F3N3O3S/c1-32(2)37(34,35)21-16-22(26(36-3)23(17-21)27(28,29)30)24-14-13-20(31-24)18-33-15-9-5-8-12-25(33)19-10-6-4-7-11-19/h4,6-7,10-11,13-14,16-17,25,31H,5,8-9,12,15,18H2,1-3H3. The molecule has 1 aromatic heterocycles. The van der Waals surface area contributed by atoms with Crippen molar-refractivity contribution >= 4 is 10.0 Å². The maximum Gasteiger partial charge on any atom is 0.420 e. The van der Waals surface area contributed by atoms with Gasteiger partial charge in [-0.3, -0.25) is 4.90 Å². The zero-order valence-electron chi connectivity index (χ0n) is 21.2. The lowest BCUT2D eigenvalue weighted by molar-refractivity contribution is -0.138. The summed E-state index contributed by atoms with van der Waals surface area (Å²) in [5, 5.41) is 0. The van der Waals surface area contributed by atoms with Crippen LogP contribution in [-0.2, 0) is 22.7 Å². The highest BCUT2D eigenvalue weighted by molar-refractivity contribution is 7.89. The van der Waals surface area contributed by atoms with Crippen molar-refractivity contribution in [1.29, 1.82) is 0 Å². The smallest absolute Gasteiger partial charge is 0.420 e. The molecule has 1 unspecified atom stereocenters. The number of benzene rings is 2. The molecule has 2 aromatic carbocycles. The van der Waals surface area contributed by atoms with Crippen molar-refractivity contribution in [2.75, 3.05) is 27.7 Å². The van der Waals surface area contributed by atoms with Crippen LogP contribution >= 0.6 is 0 Å². The summed E-state index contributed by atoms with van der Waals surface area (Å²) in [5.41, 5.74) is 1.34. The molecular weight excluding hydrogens is 503 g/mol. The molecule has 0 aliphatic carbocycles. The Morgan fingerprint density at radius 2 is 1.78 bits per heavy atom. The van der Waals surface area contributed by atoms with Crippen LogP contribution in [0, 0.1) is 0 Å². The Morgan fingerprint density at radius 1 is 1.05 bits per heavy atom. The first-order valence-corrected chi connectivity index (χ1v) is 13.7. The highest BCUT2D eigenvalue weighted by Gasteiger charge is 2.38. The average molecular weight is 536 g/mol. The van der Waals surface area contributed by atoms with E-state index < -0.39 is 32.4 Å². The Labute approximate surface area is 216 Å². The summed E-state index contributed by atoms with van der Waals surface area (Å²) in [6.45, 7) is 1.50. The number of aromatic nitrogens is 1. The molecule has 4 rings (SSSR count). The number of nitrogens with one attached hydrogen (secondary N) is 1. The molecule has 200 valence electrons. The molecule has 1 N–H and O–H groups in total. The van der Waals surface area contributed by atoms with Gasteiger partial charge in [0.05, 0.1) is 17.6 Å². The second-order valence-corrected chi connectivity index (χ2v) is 11.6. The van der Waals surface area contributed by atoms with Crippen LogP contribution in [0.2, 0.25) is 0 Å². The minimum absolute atomic E-state index is 0.0412. The molecule has 1 atom stereocenters. The van der Waals surface area contributed by atoms with E-state index in [1.54, 1.807) is 6.07 Å². The molecule has 1 aliphatic heterocycles. The number of halogens is 3. The van der Waals surface area contributed by atoms with Crippen LogP contribution in [-0.4, -0.2) is 50.4 Å². The topological polar surface area (TPSA) is 65.6 Å². The number of hydrogen-bond acceptors (Lipinski definition) is 4. The van der Waals surface area contributed by atoms with E-state index in [1.807, 2.05) is 24.3 Å². The first-order chi connectivity index (χ1) is 17.5. The lowest BCUT2D eigenvalue weighted by atomic mass is 10.0. The number of nitrogens with zero attached hydrogens (tertiary/aromatic N) is 2. The predicted octanol–water partition coefficient (Wildman–Crippen LogP) is 6.08. The van der Waals surface area contributed by atoms with E-state index >= 15 is 0 Å². The Balaban J connectivity index is 1.73. The highest BCUT2D eigenvalue weighted by atomic mass is 32.2. The minimum atomic E-state index is -4.80. The molecule has 37 heavy (non-hydrogen) atoms. The average Bonchev–Trinajstić information content (AvgIpc) is 3.20. The fraction of sp³-hybridized carbons (Fsp3) is 0.407. The molecule has 10 heteroatoms. The van der Waals surface area contributed by atoms with Gasteiger partial charge in [0.15, 0.2) is 0 Å². The van der Waals surface area contributed by atoms with Crippen LogP contribution in [0.5, 0.6) is 5.75 Å². The third-order valence-electron chi connectivity index (χ3n) is 6.81. The van der Waals surface area contributed by atoms with E-state index in [-0.39, 0.29) is 11.6 Å². The number of methoxy groups -OCH3 is 1. The van der Waals surface area contributed by atoms with Crippen molar-refractivity contribution in [3.05, 3.63) is 71.4 Å². The zero-order chi connectivity index (χ0) is 26.8. The van der Waals surface area contributed by atoms with Crippen LogP contribution in [0.25, 0.3) is 11.3 Å². The van der Waals surface area contributed by atoms with Crippen LogP contribution in [0.4, 0.5) is 13.2 Å². The van der Waals surface area contributed by atoms with Crippen LogP contribution in [0.3, 0.4) is 0 Å². The number of H-pyrrole nitrogens is 1. The molecule has 6 nitrogen and oxygen atoms in total. The minimum Gasteiger partial charge on any atom is -0.495 e. The molecule has 1 saturated heterocycles. The second kappa shape index (κ2) is 10.9. The van der Waals surface area contributed by atoms with Gasteiger partial charge in [0, 0.05) is 43.6 Å². The van der Waals surface area contributed by atoms with Crippen molar-refractivity contribution in [3.8, 4) is 17.0 Å². The van der Waals surface area contributed by atoms with Gasteiger partial charge in [-0.05, 0) is 49.2 Å². The van der Waals surface area contributed by atoms with Gasteiger partial charge in [-0.25, -0.2) is 12.7 Å². The highest BCUT2D eigenvalue weighted by Crippen LogP contribution is 2.44. The molecule has 0 spiro atoms. The SMILES string of the molecule is COc1c(-c2ccc(CN3CCCCCC3c3ccccc3)[nH]2)cc(S(=O)(=O)N(C)C)cc1C(F)(F)F. The molecule has 1 fully saturated rings. The van der Waals surface area contributed by atoms with Gasteiger partial charge >= 0.3 is 6.18 Å². The first kappa shape index (κ1) is 27.2. The van der Waals surface area contributed by atoms with Crippen LogP contribution in [0.15, 0.2) is 59.5 Å². The van der Waals surface area contributed by atoms with Gasteiger partial charge in [0.1, 0.15) is 5.75 Å². The van der Waals surface area contributed by atoms with Crippen molar-refractivity contribution in [2.24, 2.45) is 0 Å². The van der Waals surface area contributed by atoms with Crippen molar-refractivity contribution in [3.63, 3.8) is 0 Å². The maximum atomic E-state index is 14.0. The number of likely N-dealkylation sites (tertiary alicyclic amines) is 1. The molecule has 3 aromatic rings. The second-order valence-electron chi connectivity index (χ2n) is 9.48. The van der Waals surface area contributed by atoms with E-state index in [9.17, 15) is 21.6 Å². The fourth-order valence-electron chi connectivity index (χ4n) is 4.91. The third kappa shape index (κ3) is 5.86. The number of alkyl halides is 3. The summed E-state index contributed by atoms with van der Waals surface area (Å²) >= 11 is 0. The van der Waals surface area contributed by atoms with E-state index in [4.69, 9.17) is 4.74 Å². The first-order valence-electron chi connectivity index (χ1n) is 12.2. The van der Waals surface area contributed by atoms with Crippen molar-refractivity contribution in [1.82, 2.24) is 14.2 Å². The molecule has 0 radical (unpaired) electrons. The van der Waals surface area contributed by atoms with Gasteiger partial charge in [-0.15, -0.1) is 0 Å². The van der Waals surface area contributed by atoms with Crippen molar-refractivity contribution in [2.45, 2.75) is 49.3 Å². The van der Waals surface area contributed by atoms with Gasteiger partial charge in [0.2, 0.25) is 10.0 Å². The van der Waals surface area contributed by atoms with E-state index in [1.165, 1.54) is 25.7 Å². The number of rotatable bonds is 7. The normalized spacial score (nSPS) is 17.6. The molecule has 2 heterocycles. The number of ether oxygens (including phenoxy) is 1. The fourth-order valence-corrected chi connectivity index (χ4v) is 5.87. The Morgan fingerprint density at radius 3 is 2.43 bits per heavy atom. The van der Waals surface area contributed by atoms with Gasteiger partial charge < -0.3 is 9.72 Å². The Kier molecular flexibility index (Phi) is 8.01. The molecule has 0 amide bonds. The summed E-state index contributed by atoms with van der Waals surface area (Å²) in [6, 6.07) is 15.9. The Hall–Kier alpha value is -2.82. The molecule has 1 aliphatic rings. The predicted molar refractivity (Wildman–Crippen MR) is 137 cm³/mol. The van der Waals surface area contributed by atoms with Gasteiger partial charge in [-0.2, -0.15) is 13.2 Å². The van der Waals surface area contributed by atoms with E-state index in [2.05, 4.69) is 22.0 Å². The van der Waals surface area contributed by atoms with E-state index in [0.717, 1.165) is 49.3 Å².